The summed E-state index contributed by atoms with van der Waals surface area (Å²) in [4.78, 5) is 12.5. The lowest BCUT2D eigenvalue weighted by atomic mass is 9.82. The Bertz CT molecular complexity index is 550. The van der Waals surface area contributed by atoms with Crippen LogP contribution in [-0.4, -0.2) is 58.0 Å². The number of amides is 1. The molecule has 2 rings (SSSR count). The Morgan fingerprint density at radius 2 is 2.00 bits per heavy atom. The number of nitrogens with zero attached hydrogens (tertiary/aromatic N) is 3. The van der Waals surface area contributed by atoms with Crippen molar-refractivity contribution in [2.45, 2.75) is 36.8 Å². The van der Waals surface area contributed by atoms with Crippen molar-refractivity contribution in [3.05, 3.63) is 12.4 Å². The molecule has 1 unspecified atom stereocenters. The second-order valence-electron chi connectivity index (χ2n) is 5.88. The molecule has 1 saturated heterocycles. The number of carbonyl (C=O) groups excluding carboxylic acids is 1. The van der Waals surface area contributed by atoms with Crippen LogP contribution in [0, 0.1) is 0 Å². The third kappa shape index (κ3) is 2.80. The van der Waals surface area contributed by atoms with Gasteiger partial charge in [-0.05, 0) is 20.8 Å². The molecule has 0 N–H and O–H groups in total. The van der Waals surface area contributed by atoms with Crippen molar-refractivity contribution in [1.29, 1.82) is 0 Å². The molecule has 1 fully saturated rings. The molecule has 1 atom stereocenters. The van der Waals surface area contributed by atoms with Crippen LogP contribution in [0.15, 0.2) is 12.4 Å². The molecule has 0 spiro atoms. The smallest absolute Gasteiger partial charge is 0.399 e. The van der Waals surface area contributed by atoms with Gasteiger partial charge < -0.3 is 14.2 Å². The number of alkyl halides is 2. The maximum Gasteiger partial charge on any atom is 0.498 e. The maximum atomic E-state index is 11.8. The third-order valence-corrected chi connectivity index (χ3v) is 4.65. The lowest BCUT2D eigenvalue weighted by Crippen LogP contribution is -2.49. The Morgan fingerprint density at radius 1 is 1.38 bits per heavy atom. The molecule has 1 aromatic rings. The molecule has 0 saturated carbocycles. The van der Waals surface area contributed by atoms with E-state index >= 15 is 0 Å². The topological polar surface area (TPSA) is 56.6 Å². The molecule has 1 aliphatic heterocycles. The first-order chi connectivity index (χ1) is 9.58. The number of aromatic nitrogens is 2. The normalized spacial score (nSPS) is 24.7. The third-order valence-electron chi connectivity index (χ3n) is 3.82. The highest BCUT2D eigenvalue weighted by atomic mass is 35.5. The van der Waals surface area contributed by atoms with Crippen LogP contribution in [0.2, 0.25) is 0 Å². The molecule has 0 radical (unpaired) electrons. The Kier molecular flexibility index (Phi) is 4.32. The highest BCUT2D eigenvalue weighted by Gasteiger charge is 2.58. The monoisotopic (exact) mass is 333 g/mol. The van der Waals surface area contributed by atoms with Gasteiger partial charge in [0.15, 0.2) is 0 Å². The zero-order valence-electron chi connectivity index (χ0n) is 12.6. The minimum atomic E-state index is -0.867. The first-order valence-corrected chi connectivity index (χ1v) is 7.36. The van der Waals surface area contributed by atoms with Gasteiger partial charge >= 0.3 is 13.1 Å². The van der Waals surface area contributed by atoms with Crippen molar-refractivity contribution in [3.8, 4) is 0 Å². The summed E-state index contributed by atoms with van der Waals surface area (Å²) in [5.74, 6) is 0. The van der Waals surface area contributed by atoms with Crippen LogP contribution in [0.1, 0.15) is 20.8 Å². The SMILES string of the molecule is CN(C)C(=O)n1cc(B2OC(C)(C)C(C)(C(Cl)Cl)O2)cn1. The van der Waals surface area contributed by atoms with E-state index in [0.717, 1.165) is 0 Å². The molecule has 1 aliphatic rings. The van der Waals surface area contributed by atoms with E-state index in [1.807, 2.05) is 13.8 Å². The number of halogens is 2. The summed E-state index contributed by atoms with van der Waals surface area (Å²) in [5, 5.41) is 4.02. The molecule has 9 heteroatoms. The fraction of sp³-hybridized carbons (Fsp3) is 0.667. The minimum absolute atomic E-state index is 0.256. The number of hydrogen-bond acceptors (Lipinski definition) is 4. The second kappa shape index (κ2) is 5.46. The van der Waals surface area contributed by atoms with Crippen LogP contribution in [-0.2, 0) is 9.31 Å². The zero-order valence-corrected chi connectivity index (χ0v) is 14.1. The standard InChI is InChI=1S/C12H18BCl2N3O3/c1-11(2)12(3,9(14)15)21-13(20-11)8-6-16-18(7-8)10(19)17(4)5/h6-7,9H,1-5H3. The molecule has 2 heterocycles. The van der Waals surface area contributed by atoms with Gasteiger partial charge in [0.05, 0.1) is 5.60 Å². The largest absolute Gasteiger partial charge is 0.498 e. The number of carbonyl (C=O) groups is 1. The van der Waals surface area contributed by atoms with E-state index in [9.17, 15) is 4.79 Å². The highest BCUT2D eigenvalue weighted by Crippen LogP contribution is 2.42. The van der Waals surface area contributed by atoms with Gasteiger partial charge in [0.2, 0.25) is 0 Å². The zero-order chi connectivity index (χ0) is 16.0. The van der Waals surface area contributed by atoms with Crippen molar-refractivity contribution in [1.82, 2.24) is 14.7 Å². The molecular weight excluding hydrogens is 316 g/mol. The number of hydrogen-bond donors (Lipinski definition) is 0. The fourth-order valence-electron chi connectivity index (χ4n) is 1.99. The Balaban J connectivity index is 2.24. The number of rotatable bonds is 2. The molecule has 0 aliphatic carbocycles. The van der Waals surface area contributed by atoms with Gasteiger partial charge in [-0.15, -0.1) is 23.2 Å². The molecular formula is C12H18BCl2N3O3. The molecule has 6 nitrogen and oxygen atoms in total. The summed E-state index contributed by atoms with van der Waals surface area (Å²) in [5.41, 5.74) is -0.913. The van der Waals surface area contributed by atoms with Crippen LogP contribution in [0.25, 0.3) is 0 Å². The van der Waals surface area contributed by atoms with Gasteiger partial charge in [0, 0.05) is 32.0 Å². The molecule has 21 heavy (non-hydrogen) atoms. The van der Waals surface area contributed by atoms with Gasteiger partial charge in [-0.1, -0.05) is 0 Å². The average Bonchev–Trinajstić information content (AvgIpc) is 2.93. The van der Waals surface area contributed by atoms with Gasteiger partial charge in [-0.3, -0.25) is 0 Å². The van der Waals surface area contributed by atoms with Crippen LogP contribution in [0.5, 0.6) is 0 Å². The van der Waals surface area contributed by atoms with Crippen LogP contribution in [0.3, 0.4) is 0 Å². The maximum absolute atomic E-state index is 11.8. The summed E-state index contributed by atoms with van der Waals surface area (Å²) in [6.07, 6.45) is 3.11. The Morgan fingerprint density at radius 3 is 2.48 bits per heavy atom. The lowest BCUT2D eigenvalue weighted by molar-refractivity contribution is 0.00141. The fourth-order valence-corrected chi connectivity index (χ4v) is 2.62. The quantitative estimate of drug-likeness (QED) is 0.608. The van der Waals surface area contributed by atoms with E-state index in [-0.39, 0.29) is 6.03 Å². The van der Waals surface area contributed by atoms with Crippen molar-refractivity contribution in [2.24, 2.45) is 0 Å². The van der Waals surface area contributed by atoms with E-state index in [0.29, 0.717) is 5.46 Å². The van der Waals surface area contributed by atoms with E-state index in [1.54, 1.807) is 27.2 Å². The van der Waals surface area contributed by atoms with Crippen molar-refractivity contribution in [3.63, 3.8) is 0 Å². The molecule has 0 aromatic carbocycles. The van der Waals surface area contributed by atoms with E-state index in [4.69, 9.17) is 32.5 Å². The summed E-state index contributed by atoms with van der Waals surface area (Å²) in [6, 6.07) is -0.256. The van der Waals surface area contributed by atoms with E-state index in [1.165, 1.54) is 15.8 Å². The predicted octanol–water partition coefficient (Wildman–Crippen LogP) is 1.50. The average molecular weight is 334 g/mol. The van der Waals surface area contributed by atoms with E-state index in [2.05, 4.69) is 5.10 Å². The van der Waals surface area contributed by atoms with Crippen molar-refractivity contribution >= 4 is 41.8 Å². The Labute approximate surface area is 134 Å². The van der Waals surface area contributed by atoms with Crippen molar-refractivity contribution in [2.75, 3.05) is 14.1 Å². The van der Waals surface area contributed by atoms with Gasteiger partial charge in [-0.2, -0.15) is 9.78 Å². The molecule has 116 valence electrons. The molecule has 1 amide bonds. The lowest BCUT2D eigenvalue weighted by Gasteiger charge is -2.37. The summed E-state index contributed by atoms with van der Waals surface area (Å²) >= 11 is 12.1. The predicted molar refractivity (Wildman–Crippen MR) is 82.2 cm³/mol. The highest BCUT2D eigenvalue weighted by molar-refractivity contribution is 6.62. The first-order valence-electron chi connectivity index (χ1n) is 6.48. The summed E-state index contributed by atoms with van der Waals surface area (Å²) < 4.78 is 13.0. The molecule has 0 bridgehead atoms. The summed E-state index contributed by atoms with van der Waals surface area (Å²) in [7, 11) is 2.63. The molecule has 1 aromatic heterocycles. The van der Waals surface area contributed by atoms with Gasteiger partial charge in [0.1, 0.15) is 10.4 Å². The van der Waals surface area contributed by atoms with E-state index < -0.39 is 23.2 Å². The summed E-state index contributed by atoms with van der Waals surface area (Å²) in [6.45, 7) is 5.52. The van der Waals surface area contributed by atoms with Crippen molar-refractivity contribution < 1.29 is 14.1 Å². The van der Waals surface area contributed by atoms with Crippen LogP contribution >= 0.6 is 23.2 Å². The van der Waals surface area contributed by atoms with Gasteiger partial charge in [0.25, 0.3) is 0 Å². The van der Waals surface area contributed by atoms with Crippen LogP contribution in [0.4, 0.5) is 4.79 Å². The second-order valence-corrected chi connectivity index (χ2v) is 6.98. The Hall–Kier alpha value is -0.755. The van der Waals surface area contributed by atoms with Crippen LogP contribution < -0.4 is 5.46 Å². The minimum Gasteiger partial charge on any atom is -0.399 e. The van der Waals surface area contributed by atoms with Gasteiger partial charge in [-0.25, -0.2) is 4.79 Å². The first kappa shape index (κ1) is 16.6.